The van der Waals surface area contributed by atoms with E-state index in [0.29, 0.717) is 28.7 Å². The van der Waals surface area contributed by atoms with Crippen LogP contribution in [0.2, 0.25) is 0 Å². The molecule has 0 radical (unpaired) electrons. The summed E-state index contributed by atoms with van der Waals surface area (Å²) >= 11 is 0. The molecule has 0 aromatic heterocycles. The average Bonchev–Trinajstić information content (AvgIpc) is 1.76. The van der Waals surface area contributed by atoms with Gasteiger partial charge in [-0.3, -0.25) is 34.1 Å². The molecule has 29 heteroatoms. The molecule has 0 bridgehead atoms. The molecule has 1 aliphatic carbocycles. The van der Waals surface area contributed by atoms with Crippen LogP contribution in [0.4, 0.5) is 19.2 Å². The summed E-state index contributed by atoms with van der Waals surface area (Å²) in [6, 6.07) is 32.4. The van der Waals surface area contributed by atoms with Crippen molar-refractivity contribution in [2.24, 2.45) is 11.8 Å². The summed E-state index contributed by atoms with van der Waals surface area (Å²) in [5.74, 6) is -7.18. The lowest BCUT2D eigenvalue weighted by Gasteiger charge is -2.47. The summed E-state index contributed by atoms with van der Waals surface area (Å²) < 4.78 is 92.8. The van der Waals surface area contributed by atoms with E-state index < -0.39 is 183 Å². The van der Waals surface area contributed by atoms with Crippen molar-refractivity contribution >= 4 is 60.0 Å². The van der Waals surface area contributed by atoms with Crippen LogP contribution in [0.3, 0.4) is 0 Å². The van der Waals surface area contributed by atoms with Crippen LogP contribution in [0, 0.1) is 11.8 Å². The van der Waals surface area contributed by atoms with Crippen LogP contribution in [0.25, 0.3) is 0 Å². The van der Waals surface area contributed by atoms with E-state index in [1.807, 2.05) is 6.07 Å². The number of amides is 4. The van der Waals surface area contributed by atoms with Gasteiger partial charge in [0, 0.05) is 47.0 Å². The Balaban J connectivity index is 1.17. The monoisotopic (exact) mass is 1440 g/mol. The molecule has 29 nitrogen and oxygen atoms in total. The highest BCUT2D eigenvalue weighted by molar-refractivity contribution is 5.88. The zero-order chi connectivity index (χ0) is 74.0. The van der Waals surface area contributed by atoms with Gasteiger partial charge in [0.1, 0.15) is 62.9 Å². The Morgan fingerprint density at radius 2 is 0.942 bits per heavy atom. The predicted molar refractivity (Wildman–Crippen MR) is 360 cm³/mol. The van der Waals surface area contributed by atoms with Crippen LogP contribution in [-0.2, 0) is 126 Å². The van der Waals surface area contributed by atoms with Crippen LogP contribution in [0.5, 0.6) is 0 Å². The van der Waals surface area contributed by atoms with Crippen LogP contribution < -0.4 is 21.3 Å². The third-order valence-corrected chi connectivity index (χ3v) is 17.1. The van der Waals surface area contributed by atoms with Crippen molar-refractivity contribution in [1.82, 2.24) is 21.3 Å². The summed E-state index contributed by atoms with van der Waals surface area (Å²) in [6.45, 7) is 9.73. The Morgan fingerprint density at radius 3 is 1.47 bits per heavy atom. The standard InChI is InChI=1S/C74H92N4O25/c1-9-11-16-33-54-34-35-55(76-72(86)90-40-50-27-19-13-20-28-50)68(98-54)101-60-43(3)36-53(37-56(84)67(97-48(8)83)78-74(88)92-42-52-31-23-15-24-32-52)61(93-44(4)79)65(60)103-70-66(96-47(7)82)62(57(10-2)99-70)102-69-59(77-73(87)91-41-51-29-21-14-22-30-51)64(95-46(6)81)63(94-45(5)80)58(100-69)38-75-71(85)89-39-49-25-17-12-18-26-49/h12-15,17-32,34-35,43,53-55,57-70H,9-11,16,33,36-42H2,1-8H3,(H,75,85)(H,76,86)(H,77,87)(H,78,88)/t43-,53-,54+,55+,57+,58-,59+,60+,61-,62+,63+,64+,65-,66+,67+,68+,69+,70-/m0/s1. The maximum atomic E-state index is 14.7. The molecule has 4 aromatic rings. The third-order valence-electron chi connectivity index (χ3n) is 17.1. The number of carbonyl (C=O) groups is 10. The van der Waals surface area contributed by atoms with E-state index in [0.717, 1.165) is 53.9 Å². The zero-order valence-electron chi connectivity index (χ0n) is 58.8. The molecule has 18 atom stereocenters. The number of rotatable bonds is 32. The van der Waals surface area contributed by atoms with Gasteiger partial charge < -0.3 is 87.0 Å². The molecule has 558 valence electrons. The Labute approximate surface area is 597 Å². The number of benzene rings is 4. The van der Waals surface area contributed by atoms with Crippen molar-refractivity contribution in [2.45, 2.75) is 225 Å². The third kappa shape index (κ3) is 24.6. The maximum Gasteiger partial charge on any atom is 0.410 e. The number of alkyl carbamates (subject to hydrolysis) is 4. The van der Waals surface area contributed by atoms with Gasteiger partial charge in [-0.05, 0) is 47.4 Å². The van der Waals surface area contributed by atoms with E-state index in [1.165, 1.54) is 0 Å². The summed E-state index contributed by atoms with van der Waals surface area (Å²) in [5, 5.41) is 10.5. The number of hydrogen-bond donors (Lipinski definition) is 4. The summed E-state index contributed by atoms with van der Waals surface area (Å²) in [6.07, 6.45) is -18.7. The molecule has 0 unspecified atom stereocenters. The first-order valence-electron chi connectivity index (χ1n) is 34.4. The fourth-order valence-corrected chi connectivity index (χ4v) is 12.5. The van der Waals surface area contributed by atoms with Gasteiger partial charge in [0.25, 0.3) is 0 Å². The molecular weight excluding hydrogens is 1340 g/mol. The molecule has 4 amide bonds. The first kappa shape index (κ1) is 79.2. The second-order valence-corrected chi connectivity index (χ2v) is 25.3. The molecule has 2 saturated heterocycles. The van der Waals surface area contributed by atoms with Crippen molar-refractivity contribution < 1.29 is 119 Å². The van der Waals surface area contributed by atoms with Gasteiger partial charge >= 0.3 is 54.2 Å². The number of carbonyl (C=O) groups excluding carboxylic acids is 10. The topological polar surface area (TPSA) is 357 Å². The SMILES string of the molecule is CCCCC[C@@H]1C=C[C@@H](NC(=O)OCc2ccccc2)[C@@H](O[C@H]2[C@H](O[C@@H]3O[C@H](CC)[C@@H](O[C@H]4O[C@@H](CNC(=O)OCc5ccccc5)[C@@H](OC(C)=O)[C@H](OC(C)=O)[C@H]4NC(=O)OCc4ccccc4)[C@H]3OC(C)=O)[C@@H](OC(C)=O)[C@H](CC(=O)[C@H](NC(=O)OCc3ccccc3)OC(C)=O)C[C@@H]2C)O1. The normalized spacial score (nSPS) is 26.7. The van der Waals surface area contributed by atoms with Crippen molar-refractivity contribution in [3.05, 3.63) is 156 Å². The first-order chi connectivity index (χ1) is 49.5. The van der Waals surface area contributed by atoms with E-state index >= 15 is 0 Å². The molecular formula is C74H92N4O25. The summed E-state index contributed by atoms with van der Waals surface area (Å²) in [7, 11) is 0. The molecule has 3 fully saturated rings. The van der Waals surface area contributed by atoms with Crippen molar-refractivity contribution in [2.75, 3.05) is 6.54 Å². The Kier molecular flexibility index (Phi) is 30.6. The Hall–Kier alpha value is -9.52. The van der Waals surface area contributed by atoms with Crippen molar-refractivity contribution in [1.29, 1.82) is 0 Å². The molecule has 3 heterocycles. The van der Waals surface area contributed by atoms with Gasteiger partial charge in [0.2, 0.25) is 6.23 Å². The lowest BCUT2D eigenvalue weighted by Crippen LogP contribution is -2.68. The minimum absolute atomic E-state index is 0.00117. The quantitative estimate of drug-likeness (QED) is 0.0117. The minimum atomic E-state index is -1.92. The van der Waals surface area contributed by atoms with Gasteiger partial charge in [0.05, 0.1) is 24.9 Å². The number of Topliss-reactive ketones (excluding diaryl/α,β-unsaturated/α-hetero) is 1. The summed E-state index contributed by atoms with van der Waals surface area (Å²) in [5.41, 5.74) is 2.58. The van der Waals surface area contributed by atoms with Crippen LogP contribution in [0.15, 0.2) is 133 Å². The second kappa shape index (κ2) is 39.8. The molecule has 4 N–H and O–H groups in total. The van der Waals surface area contributed by atoms with E-state index in [4.69, 9.17) is 71.1 Å². The number of unbranched alkanes of at least 4 members (excludes halogenated alkanes) is 2. The highest BCUT2D eigenvalue weighted by Gasteiger charge is 2.58. The van der Waals surface area contributed by atoms with E-state index in [2.05, 4.69) is 28.2 Å². The highest BCUT2D eigenvalue weighted by atomic mass is 16.8. The van der Waals surface area contributed by atoms with E-state index in [1.54, 1.807) is 141 Å². The van der Waals surface area contributed by atoms with Gasteiger partial charge in [-0.1, -0.05) is 174 Å². The Morgan fingerprint density at radius 1 is 0.466 bits per heavy atom. The van der Waals surface area contributed by atoms with Crippen LogP contribution >= 0.6 is 0 Å². The van der Waals surface area contributed by atoms with Crippen LogP contribution in [0.1, 0.15) is 123 Å². The Bertz CT molecular complexity index is 3460. The largest absolute Gasteiger partial charge is 0.459 e. The van der Waals surface area contributed by atoms with Gasteiger partial charge in [0.15, 0.2) is 43.0 Å². The van der Waals surface area contributed by atoms with E-state index in [-0.39, 0.29) is 39.3 Å². The fourth-order valence-electron chi connectivity index (χ4n) is 12.5. The second-order valence-electron chi connectivity index (χ2n) is 25.3. The zero-order valence-corrected chi connectivity index (χ0v) is 58.8. The molecule has 103 heavy (non-hydrogen) atoms. The molecule has 1 saturated carbocycles. The fraction of sp³-hybridized carbons (Fsp3) is 0.514. The van der Waals surface area contributed by atoms with Crippen LogP contribution in [-0.4, -0.2) is 165 Å². The lowest BCUT2D eigenvalue weighted by molar-refractivity contribution is -0.296. The highest BCUT2D eigenvalue weighted by Crippen LogP contribution is 2.43. The molecule has 8 rings (SSSR count). The number of hydrogen-bond acceptors (Lipinski definition) is 25. The first-order valence-corrected chi connectivity index (χ1v) is 34.4. The molecule has 0 spiro atoms. The van der Waals surface area contributed by atoms with Gasteiger partial charge in [-0.2, -0.15) is 0 Å². The number of ketones is 1. The minimum Gasteiger partial charge on any atom is -0.459 e. The molecule has 4 aromatic carbocycles. The summed E-state index contributed by atoms with van der Waals surface area (Å²) in [4.78, 5) is 136. The molecule has 4 aliphatic rings. The van der Waals surface area contributed by atoms with Gasteiger partial charge in [-0.25, -0.2) is 19.2 Å². The van der Waals surface area contributed by atoms with Crippen molar-refractivity contribution in [3.63, 3.8) is 0 Å². The number of esters is 5. The lowest BCUT2D eigenvalue weighted by atomic mass is 9.74. The predicted octanol–water partition coefficient (Wildman–Crippen LogP) is 8.54. The van der Waals surface area contributed by atoms with Crippen molar-refractivity contribution in [3.8, 4) is 0 Å². The van der Waals surface area contributed by atoms with Gasteiger partial charge in [-0.15, -0.1) is 0 Å². The average molecular weight is 1440 g/mol. The smallest absolute Gasteiger partial charge is 0.410 e. The molecule has 3 aliphatic heterocycles. The number of ether oxygens (including phenoxy) is 15. The maximum absolute atomic E-state index is 14.7. The number of nitrogens with one attached hydrogen (secondary N) is 4. The van der Waals surface area contributed by atoms with E-state index in [9.17, 15) is 47.9 Å².